The Hall–Kier alpha value is -0.0800. The summed E-state index contributed by atoms with van der Waals surface area (Å²) in [6.45, 7) is 0. The molecule has 2 rings (SSSR count). The number of hydrogen-bond donors (Lipinski definition) is 0. The number of rotatable bonds is 3. The number of nitrogens with zero attached hydrogens (tertiary/aromatic N) is 2. The summed E-state index contributed by atoms with van der Waals surface area (Å²) in [5.41, 5.74) is 0. The average molecular weight is 224 g/mol. The molecule has 2 aliphatic carbocycles. The van der Waals surface area contributed by atoms with Gasteiger partial charge in [-0.15, -0.1) is 0 Å². The lowest BCUT2D eigenvalue weighted by Crippen LogP contribution is -2.52. The van der Waals surface area contributed by atoms with Crippen molar-refractivity contribution in [1.82, 2.24) is 10.0 Å². The molecule has 0 aliphatic heterocycles. The summed E-state index contributed by atoms with van der Waals surface area (Å²) in [4.78, 5) is 0. The predicted octanol–water partition coefficient (Wildman–Crippen LogP) is 3.43. The van der Waals surface area contributed by atoms with Gasteiger partial charge >= 0.3 is 0 Å². The third-order valence-electron chi connectivity index (χ3n) is 4.36. The van der Waals surface area contributed by atoms with Crippen LogP contribution in [0.4, 0.5) is 0 Å². The first-order valence-corrected chi connectivity index (χ1v) is 7.24. The highest BCUT2D eigenvalue weighted by Gasteiger charge is 2.29. The second-order valence-corrected chi connectivity index (χ2v) is 5.81. The maximum absolute atomic E-state index is 2.72. The smallest absolute Gasteiger partial charge is 0.0248 e. The molecular formula is C14H28N2. The van der Waals surface area contributed by atoms with Crippen molar-refractivity contribution in [3.8, 4) is 0 Å². The molecule has 0 unspecified atom stereocenters. The fourth-order valence-electron chi connectivity index (χ4n) is 3.64. The average Bonchev–Trinajstić information content (AvgIpc) is 2.31. The van der Waals surface area contributed by atoms with Crippen LogP contribution in [0.15, 0.2) is 0 Å². The quantitative estimate of drug-likeness (QED) is 0.678. The lowest BCUT2D eigenvalue weighted by molar-refractivity contribution is -0.0790. The highest BCUT2D eigenvalue weighted by molar-refractivity contribution is 4.81. The zero-order valence-electron chi connectivity index (χ0n) is 11.1. The van der Waals surface area contributed by atoms with Gasteiger partial charge < -0.3 is 0 Å². The van der Waals surface area contributed by atoms with E-state index in [0.717, 1.165) is 12.1 Å². The molecule has 2 heteroatoms. The molecule has 94 valence electrons. The Labute approximate surface area is 101 Å². The van der Waals surface area contributed by atoms with E-state index in [9.17, 15) is 0 Å². The largest absolute Gasteiger partial charge is 0.247 e. The summed E-state index contributed by atoms with van der Waals surface area (Å²) in [5.74, 6) is 0. The maximum atomic E-state index is 2.72. The summed E-state index contributed by atoms with van der Waals surface area (Å²) in [5, 5.41) is 5.10. The molecule has 2 aliphatic rings. The Balaban J connectivity index is 1.96. The van der Waals surface area contributed by atoms with E-state index in [1.807, 2.05) is 0 Å². The van der Waals surface area contributed by atoms with E-state index in [4.69, 9.17) is 0 Å². The van der Waals surface area contributed by atoms with Gasteiger partial charge in [-0.2, -0.15) is 0 Å². The minimum absolute atomic E-state index is 0.840. The van der Waals surface area contributed by atoms with E-state index in [1.165, 1.54) is 64.2 Å². The highest BCUT2D eigenvalue weighted by Crippen LogP contribution is 2.30. The van der Waals surface area contributed by atoms with E-state index in [2.05, 4.69) is 24.1 Å². The van der Waals surface area contributed by atoms with Crippen LogP contribution in [-0.4, -0.2) is 36.2 Å². The minimum atomic E-state index is 0.840. The van der Waals surface area contributed by atoms with Gasteiger partial charge in [0, 0.05) is 26.2 Å². The van der Waals surface area contributed by atoms with Crippen LogP contribution in [0, 0.1) is 0 Å². The lowest BCUT2D eigenvalue weighted by atomic mass is 9.90. The van der Waals surface area contributed by atoms with Gasteiger partial charge in [-0.05, 0) is 25.7 Å². The van der Waals surface area contributed by atoms with Gasteiger partial charge in [0.15, 0.2) is 0 Å². The molecule has 0 aromatic carbocycles. The molecule has 0 spiro atoms. The zero-order chi connectivity index (χ0) is 11.4. The van der Waals surface area contributed by atoms with Gasteiger partial charge in [-0.25, -0.2) is 10.0 Å². The van der Waals surface area contributed by atoms with Gasteiger partial charge in [-0.3, -0.25) is 0 Å². The molecule has 2 fully saturated rings. The topological polar surface area (TPSA) is 6.48 Å². The van der Waals surface area contributed by atoms with Crippen molar-refractivity contribution in [3.05, 3.63) is 0 Å². The van der Waals surface area contributed by atoms with Gasteiger partial charge in [-0.1, -0.05) is 38.5 Å². The van der Waals surface area contributed by atoms with Crippen LogP contribution in [0.5, 0.6) is 0 Å². The van der Waals surface area contributed by atoms with Crippen molar-refractivity contribution in [2.75, 3.05) is 14.1 Å². The molecule has 16 heavy (non-hydrogen) atoms. The van der Waals surface area contributed by atoms with E-state index < -0.39 is 0 Å². The van der Waals surface area contributed by atoms with Crippen molar-refractivity contribution in [2.45, 2.75) is 76.3 Å². The fourth-order valence-corrected chi connectivity index (χ4v) is 3.64. The Kier molecular flexibility index (Phi) is 4.66. The van der Waals surface area contributed by atoms with Gasteiger partial charge in [0.05, 0.1) is 0 Å². The van der Waals surface area contributed by atoms with Crippen molar-refractivity contribution in [3.63, 3.8) is 0 Å². The molecule has 0 amide bonds. The van der Waals surface area contributed by atoms with Crippen molar-refractivity contribution >= 4 is 0 Å². The standard InChI is InChI=1S/C14H28N2/c1-15(2)16(13-9-5-3-6-10-13)14-11-7-4-8-12-14/h13-14H,3-12H2,1-2H3. The molecule has 0 heterocycles. The van der Waals surface area contributed by atoms with Crippen LogP contribution in [0.2, 0.25) is 0 Å². The van der Waals surface area contributed by atoms with Crippen LogP contribution in [0.3, 0.4) is 0 Å². The van der Waals surface area contributed by atoms with Gasteiger partial charge in [0.25, 0.3) is 0 Å². The van der Waals surface area contributed by atoms with E-state index in [1.54, 1.807) is 0 Å². The normalized spacial score (nSPS) is 25.5. The second kappa shape index (κ2) is 6.02. The Bertz CT molecular complexity index is 173. The van der Waals surface area contributed by atoms with Gasteiger partial charge in [0.1, 0.15) is 0 Å². The van der Waals surface area contributed by atoms with E-state index >= 15 is 0 Å². The molecule has 0 bridgehead atoms. The Morgan fingerprint density at radius 2 is 1.00 bits per heavy atom. The third kappa shape index (κ3) is 2.98. The highest BCUT2D eigenvalue weighted by atomic mass is 15.6. The second-order valence-electron chi connectivity index (χ2n) is 5.81. The Morgan fingerprint density at radius 1 is 0.625 bits per heavy atom. The summed E-state index contributed by atoms with van der Waals surface area (Å²) < 4.78 is 0. The monoisotopic (exact) mass is 224 g/mol. The Morgan fingerprint density at radius 3 is 1.31 bits per heavy atom. The first-order valence-electron chi connectivity index (χ1n) is 7.24. The van der Waals surface area contributed by atoms with Crippen LogP contribution in [0.1, 0.15) is 64.2 Å². The minimum Gasteiger partial charge on any atom is -0.247 e. The number of hydrogen-bond acceptors (Lipinski definition) is 2. The van der Waals surface area contributed by atoms with Gasteiger partial charge in [0.2, 0.25) is 0 Å². The SMILES string of the molecule is CN(C)N(C1CCCCC1)C1CCCCC1. The van der Waals surface area contributed by atoms with Crippen LogP contribution < -0.4 is 0 Å². The first kappa shape index (κ1) is 12.4. The van der Waals surface area contributed by atoms with E-state index in [-0.39, 0.29) is 0 Å². The summed E-state index contributed by atoms with van der Waals surface area (Å²) in [7, 11) is 4.48. The molecular weight excluding hydrogens is 196 g/mol. The van der Waals surface area contributed by atoms with Crippen LogP contribution in [0.25, 0.3) is 0 Å². The molecule has 2 nitrogen and oxygen atoms in total. The molecule has 0 N–H and O–H groups in total. The summed E-state index contributed by atoms with van der Waals surface area (Å²) in [6, 6.07) is 1.68. The molecule has 2 saturated carbocycles. The summed E-state index contributed by atoms with van der Waals surface area (Å²) in [6.07, 6.45) is 14.4. The molecule has 0 atom stereocenters. The van der Waals surface area contributed by atoms with Crippen LogP contribution in [-0.2, 0) is 0 Å². The number of hydrazine groups is 1. The molecule has 0 aromatic rings. The summed E-state index contributed by atoms with van der Waals surface area (Å²) >= 11 is 0. The molecule has 0 aromatic heterocycles. The molecule has 0 saturated heterocycles. The van der Waals surface area contributed by atoms with Crippen molar-refractivity contribution in [1.29, 1.82) is 0 Å². The van der Waals surface area contributed by atoms with E-state index in [0.29, 0.717) is 0 Å². The molecule has 0 radical (unpaired) electrons. The fraction of sp³-hybridized carbons (Fsp3) is 1.00. The van der Waals surface area contributed by atoms with Crippen LogP contribution >= 0.6 is 0 Å². The predicted molar refractivity (Wildman–Crippen MR) is 69.3 cm³/mol. The maximum Gasteiger partial charge on any atom is 0.0248 e. The lowest BCUT2D eigenvalue weighted by Gasteiger charge is -2.45. The third-order valence-corrected chi connectivity index (χ3v) is 4.36. The van der Waals surface area contributed by atoms with Crippen molar-refractivity contribution in [2.24, 2.45) is 0 Å². The van der Waals surface area contributed by atoms with Crippen molar-refractivity contribution < 1.29 is 0 Å². The zero-order valence-corrected chi connectivity index (χ0v) is 11.1. The first-order chi connectivity index (χ1) is 7.79.